The third-order valence-corrected chi connectivity index (χ3v) is 9.25. The highest BCUT2D eigenvalue weighted by Gasteiger charge is 2.42. The van der Waals surface area contributed by atoms with Crippen LogP contribution in [0.25, 0.3) is 0 Å². The topological polar surface area (TPSA) is 84.9 Å². The number of fused-ring (bicyclic) bond motifs is 5. The maximum atomic E-state index is 13.2. The molecule has 1 saturated heterocycles. The monoisotopic (exact) mass is 448 g/mol. The molecular weight excluding hydrogens is 416 g/mol. The Morgan fingerprint density at radius 1 is 1.00 bits per heavy atom. The number of carbonyl (C=O) groups is 1. The number of benzene rings is 1. The van der Waals surface area contributed by atoms with Crippen LogP contribution >= 0.6 is 0 Å². The summed E-state index contributed by atoms with van der Waals surface area (Å²) in [7, 11) is -3.34. The Kier molecular flexibility index (Phi) is 5.96. The average Bonchev–Trinajstić information content (AvgIpc) is 3.63. The summed E-state index contributed by atoms with van der Waals surface area (Å²) in [6, 6.07) is 7.43. The van der Waals surface area contributed by atoms with Gasteiger partial charge < -0.3 is 14.4 Å². The van der Waals surface area contributed by atoms with Crippen molar-refractivity contribution in [3.8, 4) is 5.75 Å². The molecule has 0 aromatic heterocycles. The molecule has 2 aliphatic carbocycles. The van der Waals surface area contributed by atoms with Gasteiger partial charge in [-0.2, -0.15) is 0 Å². The standard InChI is InChI=1S/C23H32N2O5S/c26-23-15-30-22-6-2-1-4-19(22)16-7-9-17(10-8-16)29-14-21-20(5-3-13-25(21)23)24-31(27,28)18-11-12-18/h1-2,4,6,16-18,20-21,24H,3,5,7-15H2/t16?,17?,20-,21?/m0/s1. The zero-order valence-electron chi connectivity index (χ0n) is 17.9. The predicted molar refractivity (Wildman–Crippen MR) is 116 cm³/mol. The molecule has 0 radical (unpaired) electrons. The second-order valence-corrected chi connectivity index (χ2v) is 11.4. The van der Waals surface area contributed by atoms with Crippen molar-refractivity contribution in [3.05, 3.63) is 29.8 Å². The summed E-state index contributed by atoms with van der Waals surface area (Å²) in [5, 5.41) is -0.274. The highest BCUT2D eigenvalue weighted by molar-refractivity contribution is 7.90. The van der Waals surface area contributed by atoms with Crippen molar-refractivity contribution in [2.24, 2.45) is 0 Å². The molecule has 2 atom stereocenters. The molecular formula is C23H32N2O5S. The number of sulfonamides is 1. The van der Waals surface area contributed by atoms with Gasteiger partial charge in [0.1, 0.15) is 5.75 Å². The number of hydrogen-bond donors (Lipinski definition) is 1. The molecule has 1 N–H and O–H groups in total. The summed E-state index contributed by atoms with van der Waals surface area (Å²) in [6.07, 6.45) is 7.10. The summed E-state index contributed by atoms with van der Waals surface area (Å²) < 4.78 is 40.5. The first-order valence-corrected chi connectivity index (χ1v) is 13.2. The van der Waals surface area contributed by atoms with E-state index in [9.17, 15) is 13.2 Å². The molecule has 8 heteroatoms. The molecule has 3 heterocycles. The number of para-hydroxylation sites is 1. The van der Waals surface area contributed by atoms with E-state index in [1.54, 1.807) is 4.90 Å². The van der Waals surface area contributed by atoms with Crippen LogP contribution in [0.1, 0.15) is 62.8 Å². The largest absolute Gasteiger partial charge is 0.483 e. The Hall–Kier alpha value is -1.64. The van der Waals surface area contributed by atoms with Crippen LogP contribution in [0.5, 0.6) is 5.75 Å². The molecule has 3 fully saturated rings. The van der Waals surface area contributed by atoms with Crippen LogP contribution in [-0.4, -0.2) is 62.4 Å². The quantitative estimate of drug-likeness (QED) is 0.768. The van der Waals surface area contributed by atoms with Gasteiger partial charge in [-0.05, 0) is 68.9 Å². The van der Waals surface area contributed by atoms with E-state index < -0.39 is 10.0 Å². The van der Waals surface area contributed by atoms with Gasteiger partial charge in [-0.3, -0.25) is 4.79 Å². The lowest BCUT2D eigenvalue weighted by atomic mass is 9.82. The smallest absolute Gasteiger partial charge is 0.260 e. The maximum absolute atomic E-state index is 13.2. The Morgan fingerprint density at radius 3 is 2.55 bits per heavy atom. The Morgan fingerprint density at radius 2 is 1.77 bits per heavy atom. The molecule has 1 aromatic carbocycles. The third-order valence-electron chi connectivity index (χ3n) is 7.27. The van der Waals surface area contributed by atoms with Crippen LogP contribution in [0.3, 0.4) is 0 Å². The van der Waals surface area contributed by atoms with Crippen LogP contribution in [0.15, 0.2) is 24.3 Å². The van der Waals surface area contributed by atoms with Gasteiger partial charge in [0.25, 0.3) is 5.91 Å². The van der Waals surface area contributed by atoms with Crippen molar-refractivity contribution >= 4 is 15.9 Å². The van der Waals surface area contributed by atoms with Crippen molar-refractivity contribution in [2.45, 2.75) is 80.7 Å². The minimum Gasteiger partial charge on any atom is -0.483 e. The fourth-order valence-electron chi connectivity index (χ4n) is 5.34. The molecule has 2 saturated carbocycles. The first-order chi connectivity index (χ1) is 15.0. The number of nitrogens with one attached hydrogen (secondary N) is 1. The molecule has 3 aliphatic heterocycles. The summed E-state index contributed by atoms with van der Waals surface area (Å²) in [6.45, 7) is 0.935. The third kappa shape index (κ3) is 4.61. The fraction of sp³-hybridized carbons (Fsp3) is 0.696. The molecule has 7 nitrogen and oxygen atoms in total. The SMILES string of the molecule is O=C1COc2ccccc2C2CCC(CC2)OCC2[C@@H](NS(=O)(=O)C3CC3)CCCN12. The maximum Gasteiger partial charge on any atom is 0.260 e. The van der Waals surface area contributed by atoms with E-state index in [-0.39, 0.29) is 36.0 Å². The van der Waals surface area contributed by atoms with E-state index in [0.29, 0.717) is 19.1 Å². The van der Waals surface area contributed by atoms with Gasteiger partial charge in [0.05, 0.1) is 24.0 Å². The van der Waals surface area contributed by atoms with E-state index in [2.05, 4.69) is 10.8 Å². The fourth-order valence-corrected chi connectivity index (χ4v) is 6.99. The van der Waals surface area contributed by atoms with Gasteiger partial charge in [0.2, 0.25) is 10.0 Å². The van der Waals surface area contributed by atoms with Gasteiger partial charge >= 0.3 is 0 Å². The normalized spacial score (nSPS) is 32.1. The molecule has 2 bridgehead atoms. The molecule has 1 aromatic rings. The number of carbonyl (C=O) groups excluding carboxylic acids is 1. The van der Waals surface area contributed by atoms with Gasteiger partial charge in [-0.25, -0.2) is 13.1 Å². The minimum atomic E-state index is -3.34. The Balaban J connectivity index is 1.40. The number of hydrogen-bond acceptors (Lipinski definition) is 5. The van der Waals surface area contributed by atoms with E-state index in [1.165, 1.54) is 5.56 Å². The highest BCUT2D eigenvalue weighted by atomic mass is 32.2. The summed E-state index contributed by atoms with van der Waals surface area (Å²) in [4.78, 5) is 15.0. The molecule has 6 rings (SSSR count). The van der Waals surface area contributed by atoms with Crippen LogP contribution in [0, 0.1) is 0 Å². The number of amides is 1. The van der Waals surface area contributed by atoms with Crippen molar-refractivity contribution in [3.63, 3.8) is 0 Å². The molecule has 1 amide bonds. The molecule has 0 spiro atoms. The van der Waals surface area contributed by atoms with Gasteiger partial charge in [0.15, 0.2) is 6.61 Å². The molecule has 31 heavy (non-hydrogen) atoms. The molecule has 170 valence electrons. The number of nitrogens with zero attached hydrogens (tertiary/aromatic N) is 1. The summed E-state index contributed by atoms with van der Waals surface area (Å²) >= 11 is 0. The second kappa shape index (κ2) is 8.71. The summed E-state index contributed by atoms with van der Waals surface area (Å²) in [5.41, 5.74) is 1.18. The van der Waals surface area contributed by atoms with Gasteiger partial charge in [0, 0.05) is 12.6 Å². The first kappa shape index (κ1) is 21.2. The number of rotatable bonds is 3. The van der Waals surface area contributed by atoms with Crippen LogP contribution < -0.4 is 9.46 Å². The number of piperidine rings is 1. The van der Waals surface area contributed by atoms with Crippen LogP contribution in [0.4, 0.5) is 0 Å². The summed E-state index contributed by atoms with van der Waals surface area (Å²) in [5.74, 6) is 1.11. The van der Waals surface area contributed by atoms with E-state index >= 15 is 0 Å². The van der Waals surface area contributed by atoms with Gasteiger partial charge in [-0.1, -0.05) is 18.2 Å². The average molecular weight is 449 g/mol. The lowest BCUT2D eigenvalue weighted by molar-refractivity contribution is -0.140. The molecule has 1 unspecified atom stereocenters. The van der Waals surface area contributed by atoms with Crippen molar-refractivity contribution in [1.82, 2.24) is 9.62 Å². The minimum absolute atomic E-state index is 0.0360. The van der Waals surface area contributed by atoms with E-state index in [4.69, 9.17) is 9.47 Å². The Bertz CT molecular complexity index is 908. The first-order valence-electron chi connectivity index (χ1n) is 11.7. The Labute approximate surface area is 184 Å². The second-order valence-electron chi connectivity index (χ2n) is 9.40. The highest BCUT2D eigenvalue weighted by Crippen LogP contribution is 2.39. The zero-order valence-corrected chi connectivity index (χ0v) is 18.7. The van der Waals surface area contributed by atoms with Crippen molar-refractivity contribution < 1.29 is 22.7 Å². The van der Waals surface area contributed by atoms with Gasteiger partial charge in [-0.15, -0.1) is 0 Å². The van der Waals surface area contributed by atoms with Crippen LogP contribution in [-0.2, 0) is 19.6 Å². The lowest BCUT2D eigenvalue weighted by Crippen LogP contribution is -2.60. The van der Waals surface area contributed by atoms with E-state index in [1.807, 2.05) is 18.2 Å². The van der Waals surface area contributed by atoms with Crippen molar-refractivity contribution in [1.29, 1.82) is 0 Å². The number of ether oxygens (including phenoxy) is 2. The lowest BCUT2D eigenvalue weighted by Gasteiger charge is -2.42. The van der Waals surface area contributed by atoms with E-state index in [0.717, 1.165) is 57.1 Å². The van der Waals surface area contributed by atoms with Crippen LogP contribution in [0.2, 0.25) is 0 Å². The van der Waals surface area contributed by atoms with Crippen molar-refractivity contribution in [2.75, 3.05) is 19.8 Å². The predicted octanol–water partition coefficient (Wildman–Crippen LogP) is 2.56. The zero-order chi connectivity index (χ0) is 21.4. The molecule has 5 aliphatic rings.